The summed E-state index contributed by atoms with van der Waals surface area (Å²) in [5.74, 6) is -1.89. The van der Waals surface area contributed by atoms with E-state index < -0.39 is 11.9 Å². The molecule has 12 heteroatoms. The van der Waals surface area contributed by atoms with Gasteiger partial charge in [0.05, 0.1) is 24.2 Å². The van der Waals surface area contributed by atoms with Crippen molar-refractivity contribution < 1.29 is 64.2 Å². The molecule has 3 aromatic rings. The van der Waals surface area contributed by atoms with E-state index in [0.717, 1.165) is 63.5 Å². The Morgan fingerprint density at radius 2 is 0.891 bits per heavy atom. The van der Waals surface area contributed by atoms with Crippen molar-refractivity contribution in [3.05, 3.63) is 95.1 Å². The molecule has 3 rings (SSSR count). The van der Waals surface area contributed by atoms with Crippen LogP contribution < -0.4 is 0 Å². The molecule has 0 radical (unpaired) electrons. The summed E-state index contributed by atoms with van der Waals surface area (Å²) < 4.78 is 0. The van der Waals surface area contributed by atoms with E-state index in [9.17, 15) is 19.8 Å². The van der Waals surface area contributed by atoms with Crippen LogP contribution in [0.2, 0.25) is 0 Å². The Kier molecular flexibility index (Phi) is 25.9. The molecular weight excluding hydrogens is 687 g/mol. The minimum absolute atomic E-state index is 0. The Morgan fingerprint density at radius 3 is 1.17 bits per heavy atom. The number of aliphatic imine (C=N–C) groups is 2. The topological polar surface area (TPSA) is 146 Å². The number of benzene rings is 3. The summed E-state index contributed by atoms with van der Waals surface area (Å²) in [5, 5.41) is 36.1. The fourth-order valence-electron chi connectivity index (χ4n) is 3.85. The molecule has 0 aliphatic rings. The molecule has 0 fully saturated rings. The molecule has 258 valence electrons. The van der Waals surface area contributed by atoms with Crippen LogP contribution in [0.25, 0.3) is 0 Å². The molecule has 0 heterocycles. The number of carboxylic acid groups (broad SMARTS) is 2. The largest absolute Gasteiger partial charge is 1.00 e. The van der Waals surface area contributed by atoms with Gasteiger partial charge in [-0.15, -0.1) is 0 Å². The number of phenolic OH excluding ortho intramolecular Hbond substituents is 2. The van der Waals surface area contributed by atoms with Crippen molar-refractivity contribution in [3.63, 3.8) is 0 Å². The van der Waals surface area contributed by atoms with Crippen molar-refractivity contribution >= 4 is 24.4 Å². The molecule has 10 nitrogen and oxygen atoms in total. The summed E-state index contributed by atoms with van der Waals surface area (Å²) in [6, 6.07) is 19.9. The molecule has 0 saturated heterocycles. The van der Waals surface area contributed by atoms with Gasteiger partial charge >= 0.3 is 46.1 Å². The van der Waals surface area contributed by atoms with Gasteiger partial charge in [-0.1, -0.05) is 64.1 Å². The van der Waals surface area contributed by atoms with E-state index in [1.165, 1.54) is 24.3 Å². The van der Waals surface area contributed by atoms with E-state index >= 15 is 0 Å². The number of nitrogens with zero attached hydrogens (tertiary/aromatic N) is 4. The zero-order chi connectivity index (χ0) is 32.7. The molecule has 0 aliphatic carbocycles. The number of hydrogen-bond acceptors (Lipinski definition) is 8. The van der Waals surface area contributed by atoms with Crippen LogP contribution in [0.4, 0.5) is 0 Å². The van der Waals surface area contributed by atoms with Crippen molar-refractivity contribution in [2.45, 2.75) is 27.7 Å². The van der Waals surface area contributed by atoms with Gasteiger partial charge in [-0.2, -0.15) is 0 Å². The summed E-state index contributed by atoms with van der Waals surface area (Å²) in [5.41, 5.74) is 1.18. The van der Waals surface area contributed by atoms with Crippen LogP contribution in [-0.4, -0.2) is 107 Å². The fraction of sp³-hybridized carbons (Fsp3) is 0.353. The van der Waals surface area contributed by atoms with Crippen LogP contribution in [0.15, 0.2) is 82.8 Å². The van der Waals surface area contributed by atoms with Crippen LogP contribution >= 0.6 is 0 Å². The normalized spacial score (nSPS) is 10.4. The third kappa shape index (κ3) is 17.8. The first-order valence-electron chi connectivity index (χ1n) is 14.7. The van der Waals surface area contributed by atoms with E-state index in [1.807, 2.05) is 36.4 Å². The molecule has 3 aromatic carbocycles. The average Bonchev–Trinajstić information content (AvgIpc) is 3.03. The predicted octanol–water partition coefficient (Wildman–Crippen LogP) is 5.38. The Labute approximate surface area is 293 Å². The first kappa shape index (κ1) is 44.6. The summed E-state index contributed by atoms with van der Waals surface area (Å²) in [6.45, 7) is 16.3. The van der Waals surface area contributed by atoms with E-state index in [0.29, 0.717) is 0 Å². The number of aromatic hydroxyl groups is 2. The second-order valence-electron chi connectivity index (χ2n) is 9.40. The molecule has 0 amide bonds. The molecular formula is C34H46Cu2N4O6+2. The maximum Gasteiger partial charge on any atom is 1.00 e. The Morgan fingerprint density at radius 1 is 0.587 bits per heavy atom. The van der Waals surface area contributed by atoms with Crippen LogP contribution in [0.5, 0.6) is 11.5 Å². The number of para-hydroxylation sites is 2. The third-order valence-electron chi connectivity index (χ3n) is 6.60. The molecule has 0 aliphatic heterocycles. The minimum atomic E-state index is -1.23. The van der Waals surface area contributed by atoms with Gasteiger partial charge in [0, 0.05) is 36.6 Å². The van der Waals surface area contributed by atoms with Gasteiger partial charge in [-0.05, 0) is 62.6 Å². The number of aromatic carboxylic acids is 2. The SMILES string of the molecule is CCN(CC)CCN=Cc1ccccc1O.CCN(CC)CCN=Cc1ccccc1O.O=C(O)c1ccccc1C(=O)O.[Cu+].[Cu+]. The molecule has 0 aromatic heterocycles. The predicted molar refractivity (Wildman–Crippen MR) is 177 cm³/mol. The molecule has 4 N–H and O–H groups in total. The van der Waals surface area contributed by atoms with Gasteiger partial charge in [-0.25, -0.2) is 9.59 Å². The maximum absolute atomic E-state index is 10.5. The van der Waals surface area contributed by atoms with Crippen LogP contribution in [0, 0.1) is 0 Å². The van der Waals surface area contributed by atoms with E-state index in [4.69, 9.17) is 10.2 Å². The first-order valence-corrected chi connectivity index (χ1v) is 14.7. The summed E-state index contributed by atoms with van der Waals surface area (Å²) in [6.07, 6.45) is 3.47. The van der Waals surface area contributed by atoms with Crippen LogP contribution in [0.1, 0.15) is 59.5 Å². The van der Waals surface area contributed by atoms with Crippen LogP contribution in [-0.2, 0) is 34.1 Å². The van der Waals surface area contributed by atoms with Gasteiger partial charge in [0.25, 0.3) is 0 Å². The van der Waals surface area contributed by atoms with Gasteiger partial charge in [0.2, 0.25) is 0 Å². The number of likely N-dealkylation sites (N-methyl/N-ethyl adjacent to an activating group) is 2. The third-order valence-corrected chi connectivity index (χ3v) is 6.60. The van der Waals surface area contributed by atoms with Crippen molar-refractivity contribution in [1.29, 1.82) is 0 Å². The first-order chi connectivity index (χ1) is 21.2. The van der Waals surface area contributed by atoms with Gasteiger partial charge in [0.15, 0.2) is 0 Å². The maximum atomic E-state index is 10.5. The number of phenols is 2. The van der Waals surface area contributed by atoms with Gasteiger partial charge in [0.1, 0.15) is 11.5 Å². The number of carboxylic acids is 2. The van der Waals surface area contributed by atoms with Crippen molar-refractivity contribution in [2.75, 3.05) is 52.4 Å². The zero-order valence-corrected chi connectivity index (χ0v) is 28.6. The fourth-order valence-corrected chi connectivity index (χ4v) is 3.85. The molecule has 0 saturated carbocycles. The molecule has 46 heavy (non-hydrogen) atoms. The Bertz CT molecular complexity index is 1230. The van der Waals surface area contributed by atoms with Crippen LogP contribution in [0.3, 0.4) is 0 Å². The zero-order valence-electron chi connectivity index (χ0n) is 26.7. The van der Waals surface area contributed by atoms with Gasteiger partial charge < -0.3 is 30.2 Å². The second kappa shape index (κ2) is 26.7. The van der Waals surface area contributed by atoms with Crippen molar-refractivity contribution in [2.24, 2.45) is 9.98 Å². The molecule has 0 bridgehead atoms. The summed E-state index contributed by atoms with van der Waals surface area (Å²) >= 11 is 0. The molecule has 0 spiro atoms. The van der Waals surface area contributed by atoms with Gasteiger partial charge in [-0.3, -0.25) is 9.98 Å². The number of rotatable bonds is 14. The van der Waals surface area contributed by atoms with E-state index in [2.05, 4.69) is 47.5 Å². The van der Waals surface area contributed by atoms with Crippen molar-refractivity contribution in [1.82, 2.24) is 9.80 Å². The Hall–Kier alpha value is -3.50. The molecule has 0 unspecified atom stereocenters. The monoisotopic (exact) mass is 732 g/mol. The van der Waals surface area contributed by atoms with E-state index in [1.54, 1.807) is 24.6 Å². The quantitative estimate of drug-likeness (QED) is 0.128. The van der Waals surface area contributed by atoms with Crippen molar-refractivity contribution in [3.8, 4) is 11.5 Å². The second-order valence-corrected chi connectivity index (χ2v) is 9.40. The number of carbonyl (C=O) groups is 2. The van der Waals surface area contributed by atoms with E-state index in [-0.39, 0.29) is 56.8 Å². The summed E-state index contributed by atoms with van der Waals surface area (Å²) in [7, 11) is 0. The number of hydrogen-bond donors (Lipinski definition) is 4. The Balaban J connectivity index is 0. The average molecular weight is 734 g/mol. The summed E-state index contributed by atoms with van der Waals surface area (Å²) in [4.78, 5) is 34.2. The standard InChI is InChI=1S/2C13H20N2O.C8H6O4.2Cu/c2*1-3-15(4-2)10-9-14-11-12-7-5-6-8-13(12)16;9-7(10)5-3-1-2-4-6(5)8(11)12;;/h2*5-8,11,16H,3-4,9-10H2,1-2H3;1-4H,(H,9,10)(H,11,12);;/q;;;2*+1. The smallest absolute Gasteiger partial charge is 0.507 e. The molecule has 0 atom stereocenters. The minimum Gasteiger partial charge on any atom is -0.507 e.